The van der Waals surface area contributed by atoms with Crippen LogP contribution in [0.1, 0.15) is 45.4 Å². The van der Waals surface area contributed by atoms with E-state index in [1.165, 1.54) is 25.7 Å². The lowest BCUT2D eigenvalue weighted by atomic mass is 10.1. The monoisotopic (exact) mass is 298 g/mol. The summed E-state index contributed by atoms with van der Waals surface area (Å²) in [4.78, 5) is 0.313. The Bertz CT molecular complexity index is 486. The summed E-state index contributed by atoms with van der Waals surface area (Å²) in [6.07, 6.45) is 6.89. The Morgan fingerprint density at radius 1 is 1.00 bits per heavy atom. The van der Waals surface area contributed by atoms with Crippen LogP contribution >= 0.6 is 0 Å². The number of sulfonamides is 1. The van der Waals surface area contributed by atoms with E-state index < -0.39 is 10.0 Å². The molecule has 0 heterocycles. The predicted molar refractivity (Wildman–Crippen MR) is 84.6 cm³/mol. The number of hydrogen-bond donors (Lipinski definition) is 2. The molecule has 1 aromatic carbocycles. The molecule has 20 heavy (non-hydrogen) atoms. The standard InChI is InChI=1S/C15H26N2O2S/c1-3-4-5-6-7-10-13-17-20(18,19)15-12-9-8-11-14(15)16-2/h8-9,11-12,16-17H,3-7,10,13H2,1-2H3. The topological polar surface area (TPSA) is 58.2 Å². The molecular weight excluding hydrogens is 272 g/mol. The van der Waals surface area contributed by atoms with Crippen LogP contribution in [0.3, 0.4) is 0 Å². The van der Waals surface area contributed by atoms with Gasteiger partial charge in [-0.3, -0.25) is 0 Å². The lowest BCUT2D eigenvalue weighted by molar-refractivity contribution is 0.568. The quantitative estimate of drug-likeness (QED) is 0.651. The number of nitrogens with one attached hydrogen (secondary N) is 2. The van der Waals surface area contributed by atoms with Crippen molar-refractivity contribution in [1.29, 1.82) is 0 Å². The first kappa shape index (κ1) is 17.0. The average molecular weight is 298 g/mol. The molecule has 0 amide bonds. The highest BCUT2D eigenvalue weighted by Gasteiger charge is 2.16. The summed E-state index contributed by atoms with van der Waals surface area (Å²) < 4.78 is 27.1. The van der Waals surface area contributed by atoms with E-state index in [-0.39, 0.29) is 0 Å². The van der Waals surface area contributed by atoms with Crippen molar-refractivity contribution in [2.75, 3.05) is 18.9 Å². The highest BCUT2D eigenvalue weighted by molar-refractivity contribution is 7.89. The van der Waals surface area contributed by atoms with Crippen LogP contribution in [0.25, 0.3) is 0 Å². The molecule has 0 aliphatic rings. The van der Waals surface area contributed by atoms with E-state index in [0.29, 0.717) is 17.1 Å². The zero-order valence-corrected chi connectivity index (χ0v) is 13.3. The van der Waals surface area contributed by atoms with Crippen molar-refractivity contribution in [2.45, 2.75) is 50.3 Å². The third kappa shape index (κ3) is 5.51. The summed E-state index contributed by atoms with van der Waals surface area (Å²) in [5, 5.41) is 2.91. The third-order valence-corrected chi connectivity index (χ3v) is 4.79. The minimum atomic E-state index is -3.41. The van der Waals surface area contributed by atoms with E-state index in [2.05, 4.69) is 17.0 Å². The fourth-order valence-corrected chi connectivity index (χ4v) is 3.38. The molecule has 0 aliphatic heterocycles. The molecule has 1 aromatic rings. The zero-order valence-electron chi connectivity index (χ0n) is 12.5. The maximum absolute atomic E-state index is 12.2. The first-order valence-electron chi connectivity index (χ1n) is 7.38. The van der Waals surface area contributed by atoms with Gasteiger partial charge in [0.05, 0.1) is 5.69 Å². The van der Waals surface area contributed by atoms with Crippen molar-refractivity contribution < 1.29 is 8.42 Å². The Morgan fingerprint density at radius 3 is 2.35 bits per heavy atom. The number of benzene rings is 1. The predicted octanol–water partition coefficient (Wildman–Crippen LogP) is 3.37. The molecule has 0 fully saturated rings. The van der Waals surface area contributed by atoms with Crippen LogP contribution in [0.4, 0.5) is 5.69 Å². The fourth-order valence-electron chi connectivity index (χ4n) is 2.10. The molecule has 0 unspecified atom stereocenters. The van der Waals surface area contributed by atoms with Crippen LogP contribution in [-0.2, 0) is 10.0 Å². The molecule has 0 saturated heterocycles. The van der Waals surface area contributed by atoms with Gasteiger partial charge >= 0.3 is 0 Å². The first-order chi connectivity index (χ1) is 9.61. The fraction of sp³-hybridized carbons (Fsp3) is 0.600. The molecule has 2 N–H and O–H groups in total. The lowest BCUT2D eigenvalue weighted by Gasteiger charge is -2.10. The Balaban J connectivity index is 2.42. The minimum absolute atomic E-state index is 0.313. The van der Waals surface area contributed by atoms with Gasteiger partial charge in [0.2, 0.25) is 10.0 Å². The second kappa shape index (κ2) is 8.97. The minimum Gasteiger partial charge on any atom is -0.387 e. The van der Waals surface area contributed by atoms with Gasteiger partial charge in [0.25, 0.3) is 0 Å². The van der Waals surface area contributed by atoms with Gasteiger partial charge in [0.15, 0.2) is 0 Å². The van der Waals surface area contributed by atoms with Gasteiger partial charge in [0, 0.05) is 13.6 Å². The summed E-state index contributed by atoms with van der Waals surface area (Å²) in [6.45, 7) is 2.69. The highest BCUT2D eigenvalue weighted by Crippen LogP contribution is 2.19. The molecule has 5 heteroatoms. The Morgan fingerprint density at radius 2 is 1.65 bits per heavy atom. The van der Waals surface area contributed by atoms with Gasteiger partial charge in [-0.25, -0.2) is 13.1 Å². The maximum Gasteiger partial charge on any atom is 0.242 e. The van der Waals surface area contributed by atoms with Crippen LogP contribution in [0.2, 0.25) is 0 Å². The molecule has 0 saturated carbocycles. The summed E-state index contributed by atoms with van der Waals surface area (Å²) in [5.74, 6) is 0. The largest absolute Gasteiger partial charge is 0.387 e. The second-order valence-corrected chi connectivity index (χ2v) is 6.65. The summed E-state index contributed by atoms with van der Waals surface area (Å²) >= 11 is 0. The molecule has 4 nitrogen and oxygen atoms in total. The normalized spacial score (nSPS) is 11.5. The Labute approximate surface area is 123 Å². The van der Waals surface area contributed by atoms with Gasteiger partial charge in [-0.05, 0) is 18.6 Å². The summed E-state index contributed by atoms with van der Waals surface area (Å²) in [6, 6.07) is 6.94. The van der Waals surface area contributed by atoms with Crippen LogP contribution in [0, 0.1) is 0 Å². The molecule has 0 aromatic heterocycles. The zero-order chi connectivity index (χ0) is 14.8. The maximum atomic E-state index is 12.2. The van der Waals surface area contributed by atoms with Crippen LogP contribution < -0.4 is 10.0 Å². The number of hydrogen-bond acceptors (Lipinski definition) is 3. The number of para-hydroxylation sites is 1. The van der Waals surface area contributed by atoms with Crippen LogP contribution in [0.15, 0.2) is 29.2 Å². The smallest absolute Gasteiger partial charge is 0.242 e. The van der Waals surface area contributed by atoms with Crippen molar-refractivity contribution in [3.63, 3.8) is 0 Å². The van der Waals surface area contributed by atoms with Gasteiger partial charge in [-0.15, -0.1) is 0 Å². The Hall–Kier alpha value is -1.07. The van der Waals surface area contributed by atoms with Crippen molar-refractivity contribution in [1.82, 2.24) is 4.72 Å². The van der Waals surface area contributed by atoms with Gasteiger partial charge < -0.3 is 5.32 Å². The van der Waals surface area contributed by atoms with Crippen LogP contribution in [-0.4, -0.2) is 22.0 Å². The van der Waals surface area contributed by atoms with E-state index in [1.54, 1.807) is 25.2 Å². The van der Waals surface area contributed by atoms with E-state index in [0.717, 1.165) is 12.8 Å². The summed E-state index contributed by atoms with van der Waals surface area (Å²) in [7, 11) is -1.69. The van der Waals surface area contributed by atoms with Crippen LogP contribution in [0.5, 0.6) is 0 Å². The average Bonchev–Trinajstić information content (AvgIpc) is 2.46. The molecule has 0 bridgehead atoms. The number of rotatable bonds is 10. The number of unbranched alkanes of at least 4 members (excludes halogenated alkanes) is 5. The van der Waals surface area contributed by atoms with Crippen molar-refractivity contribution >= 4 is 15.7 Å². The van der Waals surface area contributed by atoms with E-state index in [4.69, 9.17) is 0 Å². The first-order valence-corrected chi connectivity index (χ1v) is 8.86. The number of anilines is 1. The highest BCUT2D eigenvalue weighted by atomic mass is 32.2. The summed E-state index contributed by atoms with van der Waals surface area (Å²) in [5.41, 5.74) is 0.628. The molecule has 1 rings (SSSR count). The van der Waals surface area contributed by atoms with Gasteiger partial charge in [0.1, 0.15) is 4.90 Å². The molecule has 114 valence electrons. The second-order valence-electron chi connectivity index (χ2n) is 4.91. The lowest BCUT2D eigenvalue weighted by Crippen LogP contribution is -2.25. The van der Waals surface area contributed by atoms with Crippen molar-refractivity contribution in [3.8, 4) is 0 Å². The van der Waals surface area contributed by atoms with E-state index >= 15 is 0 Å². The Kier molecular flexibility index (Phi) is 7.62. The van der Waals surface area contributed by atoms with E-state index in [9.17, 15) is 8.42 Å². The van der Waals surface area contributed by atoms with Crippen molar-refractivity contribution in [3.05, 3.63) is 24.3 Å². The molecule has 0 aliphatic carbocycles. The van der Waals surface area contributed by atoms with Gasteiger partial charge in [-0.2, -0.15) is 0 Å². The molecule has 0 radical (unpaired) electrons. The van der Waals surface area contributed by atoms with Crippen molar-refractivity contribution in [2.24, 2.45) is 0 Å². The molecule has 0 atom stereocenters. The molecular formula is C15H26N2O2S. The van der Waals surface area contributed by atoms with Gasteiger partial charge in [-0.1, -0.05) is 51.2 Å². The van der Waals surface area contributed by atoms with E-state index in [1.807, 2.05) is 6.07 Å². The third-order valence-electron chi connectivity index (χ3n) is 3.27. The molecule has 0 spiro atoms. The SMILES string of the molecule is CCCCCCCCNS(=O)(=O)c1ccccc1NC.